The van der Waals surface area contributed by atoms with Gasteiger partial charge >= 0.3 is 0 Å². The molecule has 0 aliphatic carbocycles. The number of carbonyl (C=O) groups excluding carboxylic acids is 1. The molecule has 0 spiro atoms. The summed E-state index contributed by atoms with van der Waals surface area (Å²) in [5.41, 5.74) is 0.410. The van der Waals surface area contributed by atoms with Gasteiger partial charge in [-0.05, 0) is 40.5 Å². The first-order valence-corrected chi connectivity index (χ1v) is 6.14. The van der Waals surface area contributed by atoms with Gasteiger partial charge in [-0.2, -0.15) is 0 Å². The van der Waals surface area contributed by atoms with E-state index in [1.165, 1.54) is 18.2 Å². The molecule has 0 bridgehead atoms. The van der Waals surface area contributed by atoms with E-state index in [2.05, 4.69) is 21.2 Å². The van der Waals surface area contributed by atoms with Gasteiger partial charge in [0.05, 0.1) is 9.85 Å². The molecule has 1 unspecified atom stereocenters. The molecule has 1 aromatic rings. The molecule has 0 saturated heterocycles. The van der Waals surface area contributed by atoms with Crippen molar-refractivity contribution in [3.05, 3.63) is 34.1 Å². The molecule has 0 radical (unpaired) electrons. The number of hydrogen-bond donors (Lipinski definition) is 1. The predicted molar refractivity (Wildman–Crippen MR) is 66.4 cm³/mol. The lowest BCUT2D eigenvalue weighted by atomic mass is 10.2. The van der Waals surface area contributed by atoms with E-state index in [0.717, 1.165) is 6.42 Å². The number of rotatable bonds is 4. The van der Waals surface area contributed by atoms with Gasteiger partial charge in [0.2, 0.25) is 0 Å². The van der Waals surface area contributed by atoms with Gasteiger partial charge in [-0.3, -0.25) is 4.79 Å². The van der Waals surface area contributed by atoms with Gasteiger partial charge in [-0.15, -0.1) is 11.6 Å². The molecule has 5 heteroatoms. The summed E-state index contributed by atoms with van der Waals surface area (Å²) in [6.45, 7) is 2.35. The fourth-order valence-electron chi connectivity index (χ4n) is 1.09. The zero-order valence-electron chi connectivity index (χ0n) is 8.77. The third-order valence-corrected chi connectivity index (χ3v) is 3.18. The van der Waals surface area contributed by atoms with E-state index in [1.54, 1.807) is 0 Å². The molecule has 1 atom stereocenters. The number of nitrogens with one attached hydrogen (secondary N) is 1. The zero-order valence-corrected chi connectivity index (χ0v) is 11.1. The number of hydrogen-bond acceptors (Lipinski definition) is 1. The topological polar surface area (TPSA) is 29.1 Å². The van der Waals surface area contributed by atoms with E-state index in [-0.39, 0.29) is 21.6 Å². The van der Waals surface area contributed by atoms with Crippen molar-refractivity contribution in [2.45, 2.75) is 18.7 Å². The van der Waals surface area contributed by atoms with Crippen molar-refractivity contribution < 1.29 is 9.18 Å². The first-order chi connectivity index (χ1) is 7.54. The van der Waals surface area contributed by atoms with Crippen LogP contribution in [0.4, 0.5) is 4.39 Å². The Balaban J connectivity index is 2.63. The van der Waals surface area contributed by atoms with Gasteiger partial charge in [0, 0.05) is 12.1 Å². The Bertz CT molecular complexity index is 386. The molecule has 0 heterocycles. The zero-order chi connectivity index (χ0) is 12.1. The fraction of sp³-hybridized carbons (Fsp3) is 0.364. The van der Waals surface area contributed by atoms with Gasteiger partial charge in [0.15, 0.2) is 0 Å². The largest absolute Gasteiger partial charge is 0.351 e. The SMILES string of the molecule is CCC(Cl)CNC(=O)c1ccc(F)c(Br)c1. The molecule has 16 heavy (non-hydrogen) atoms. The van der Waals surface area contributed by atoms with Crippen molar-refractivity contribution in [1.29, 1.82) is 0 Å². The highest BCUT2D eigenvalue weighted by molar-refractivity contribution is 9.10. The van der Waals surface area contributed by atoms with Crippen LogP contribution < -0.4 is 5.32 Å². The van der Waals surface area contributed by atoms with Crippen molar-refractivity contribution in [2.24, 2.45) is 0 Å². The Hall–Kier alpha value is -0.610. The van der Waals surface area contributed by atoms with Crippen LogP contribution in [-0.4, -0.2) is 17.8 Å². The van der Waals surface area contributed by atoms with Crippen LogP contribution in [0.5, 0.6) is 0 Å². The van der Waals surface area contributed by atoms with Crippen LogP contribution in [0, 0.1) is 5.82 Å². The molecule has 1 N–H and O–H groups in total. The molecule has 0 fully saturated rings. The van der Waals surface area contributed by atoms with E-state index < -0.39 is 0 Å². The summed E-state index contributed by atoms with van der Waals surface area (Å²) >= 11 is 8.90. The van der Waals surface area contributed by atoms with Gasteiger partial charge < -0.3 is 5.32 Å². The van der Waals surface area contributed by atoms with E-state index >= 15 is 0 Å². The lowest BCUT2D eigenvalue weighted by Crippen LogP contribution is -2.29. The molecule has 88 valence electrons. The Morgan fingerprint density at radius 1 is 1.62 bits per heavy atom. The standard InChI is InChI=1S/C11H12BrClFNO/c1-2-8(13)6-15-11(16)7-3-4-10(14)9(12)5-7/h3-5,8H,2,6H2,1H3,(H,15,16). The van der Waals surface area contributed by atoms with Crippen molar-refractivity contribution >= 4 is 33.4 Å². The lowest BCUT2D eigenvalue weighted by molar-refractivity contribution is 0.0953. The van der Waals surface area contributed by atoms with E-state index in [4.69, 9.17) is 11.6 Å². The summed E-state index contributed by atoms with van der Waals surface area (Å²) in [6, 6.07) is 4.13. The predicted octanol–water partition coefficient (Wildman–Crippen LogP) is 3.34. The van der Waals surface area contributed by atoms with Gasteiger partial charge in [0.25, 0.3) is 5.91 Å². The second-order valence-electron chi connectivity index (χ2n) is 3.34. The van der Waals surface area contributed by atoms with Crippen LogP contribution in [0.15, 0.2) is 22.7 Å². The summed E-state index contributed by atoms with van der Waals surface area (Å²) in [6.07, 6.45) is 0.787. The minimum Gasteiger partial charge on any atom is -0.351 e. The van der Waals surface area contributed by atoms with Crippen LogP contribution in [0.25, 0.3) is 0 Å². The van der Waals surface area contributed by atoms with Gasteiger partial charge in [-0.1, -0.05) is 6.92 Å². The summed E-state index contributed by atoms with van der Waals surface area (Å²) in [5, 5.41) is 2.61. The van der Waals surface area contributed by atoms with Crippen LogP contribution in [-0.2, 0) is 0 Å². The van der Waals surface area contributed by atoms with Crippen LogP contribution in [0.2, 0.25) is 0 Å². The Labute approximate surface area is 107 Å². The van der Waals surface area contributed by atoms with Crippen molar-refractivity contribution in [3.8, 4) is 0 Å². The average molecular weight is 309 g/mol. The van der Waals surface area contributed by atoms with Crippen molar-refractivity contribution in [2.75, 3.05) is 6.54 Å². The molecule has 2 nitrogen and oxygen atoms in total. The maximum atomic E-state index is 12.9. The van der Waals surface area contributed by atoms with Crippen LogP contribution in [0.3, 0.4) is 0 Å². The smallest absolute Gasteiger partial charge is 0.251 e. The number of carbonyl (C=O) groups is 1. The highest BCUT2D eigenvalue weighted by Crippen LogP contribution is 2.16. The molecule has 0 aliphatic heterocycles. The maximum absolute atomic E-state index is 12.9. The van der Waals surface area contributed by atoms with E-state index in [1.807, 2.05) is 6.92 Å². The maximum Gasteiger partial charge on any atom is 0.251 e. The Kier molecular flexibility index (Phi) is 5.22. The second kappa shape index (κ2) is 6.21. The lowest BCUT2D eigenvalue weighted by Gasteiger charge is -2.08. The summed E-state index contributed by atoms with van der Waals surface area (Å²) < 4.78 is 13.2. The Morgan fingerprint density at radius 3 is 2.88 bits per heavy atom. The number of amides is 1. The molecular weight excluding hydrogens is 296 g/mol. The molecule has 1 amide bonds. The molecule has 0 aliphatic rings. The molecule has 0 aromatic heterocycles. The highest BCUT2D eigenvalue weighted by Gasteiger charge is 2.09. The van der Waals surface area contributed by atoms with E-state index in [0.29, 0.717) is 12.1 Å². The van der Waals surface area contributed by atoms with Gasteiger partial charge in [0.1, 0.15) is 5.82 Å². The molecular formula is C11H12BrClFNO. The van der Waals surface area contributed by atoms with E-state index in [9.17, 15) is 9.18 Å². The summed E-state index contributed by atoms with van der Waals surface area (Å²) in [7, 11) is 0. The first kappa shape index (κ1) is 13.5. The third kappa shape index (κ3) is 3.76. The fourth-order valence-corrected chi connectivity index (χ4v) is 1.54. The second-order valence-corrected chi connectivity index (χ2v) is 4.82. The average Bonchev–Trinajstić information content (AvgIpc) is 2.29. The quantitative estimate of drug-likeness (QED) is 0.849. The molecule has 1 rings (SSSR count). The normalized spacial score (nSPS) is 12.2. The van der Waals surface area contributed by atoms with Crippen molar-refractivity contribution in [1.82, 2.24) is 5.32 Å². The molecule has 1 aromatic carbocycles. The highest BCUT2D eigenvalue weighted by atomic mass is 79.9. The first-order valence-electron chi connectivity index (χ1n) is 4.92. The van der Waals surface area contributed by atoms with Crippen molar-refractivity contribution in [3.63, 3.8) is 0 Å². The van der Waals surface area contributed by atoms with Crippen LogP contribution >= 0.6 is 27.5 Å². The summed E-state index contributed by atoms with van der Waals surface area (Å²) in [4.78, 5) is 11.6. The third-order valence-electron chi connectivity index (χ3n) is 2.11. The molecule has 0 saturated carbocycles. The minimum atomic E-state index is -0.389. The minimum absolute atomic E-state index is 0.0761. The summed E-state index contributed by atoms with van der Waals surface area (Å²) in [5.74, 6) is -0.639. The number of benzene rings is 1. The Morgan fingerprint density at radius 2 is 2.31 bits per heavy atom. The monoisotopic (exact) mass is 307 g/mol. The van der Waals surface area contributed by atoms with Crippen LogP contribution in [0.1, 0.15) is 23.7 Å². The van der Waals surface area contributed by atoms with Gasteiger partial charge in [-0.25, -0.2) is 4.39 Å². The number of halogens is 3. The number of alkyl halides is 1.